The van der Waals surface area contributed by atoms with Crippen molar-refractivity contribution in [2.75, 3.05) is 29.9 Å². The molecule has 1 amide bonds. The Labute approximate surface area is 205 Å². The van der Waals surface area contributed by atoms with Crippen LogP contribution in [-0.4, -0.2) is 48.7 Å². The van der Waals surface area contributed by atoms with Crippen molar-refractivity contribution < 1.29 is 9.18 Å². The smallest absolute Gasteiger partial charge is 0.253 e. The molecule has 182 valence electrons. The van der Waals surface area contributed by atoms with E-state index in [9.17, 15) is 10.1 Å². The van der Waals surface area contributed by atoms with Gasteiger partial charge < -0.3 is 20.9 Å². The molecule has 35 heavy (non-hydrogen) atoms. The van der Waals surface area contributed by atoms with E-state index in [2.05, 4.69) is 38.8 Å². The van der Waals surface area contributed by atoms with Gasteiger partial charge in [0.1, 0.15) is 17.7 Å². The van der Waals surface area contributed by atoms with Crippen molar-refractivity contribution in [2.24, 2.45) is 5.92 Å². The first-order valence-electron chi connectivity index (χ1n) is 12.8. The summed E-state index contributed by atoms with van der Waals surface area (Å²) in [6.45, 7) is 4.68. The minimum Gasteiger partial charge on any atom is -0.370 e. The number of nitriles is 1. The molecule has 0 spiro atoms. The summed E-state index contributed by atoms with van der Waals surface area (Å²) in [5.41, 5.74) is 4.31. The number of nitrogens with one attached hydrogen (secondary N) is 3. The van der Waals surface area contributed by atoms with Gasteiger partial charge in [-0.15, -0.1) is 0 Å². The molecular formula is C27H31FN6O. The molecule has 3 aliphatic heterocycles. The van der Waals surface area contributed by atoms with Crippen LogP contribution in [0.5, 0.6) is 0 Å². The van der Waals surface area contributed by atoms with Gasteiger partial charge in [0.05, 0.1) is 16.8 Å². The third kappa shape index (κ3) is 4.12. The van der Waals surface area contributed by atoms with Crippen LogP contribution in [0.4, 0.5) is 15.9 Å². The van der Waals surface area contributed by atoms with E-state index in [1.54, 1.807) is 12.3 Å². The molecule has 4 atom stereocenters. The van der Waals surface area contributed by atoms with E-state index in [1.165, 1.54) is 0 Å². The Kier molecular flexibility index (Phi) is 5.60. The maximum absolute atomic E-state index is 15.4. The van der Waals surface area contributed by atoms with Crippen molar-refractivity contribution in [1.82, 2.24) is 15.6 Å². The van der Waals surface area contributed by atoms with Crippen LogP contribution in [0.25, 0.3) is 0 Å². The van der Waals surface area contributed by atoms with Crippen LogP contribution < -0.4 is 20.9 Å². The molecule has 1 aromatic heterocycles. The minimum absolute atomic E-state index is 0.176. The number of amides is 1. The Morgan fingerprint density at radius 3 is 2.77 bits per heavy atom. The fourth-order valence-corrected chi connectivity index (χ4v) is 6.32. The van der Waals surface area contributed by atoms with Crippen LogP contribution in [-0.2, 0) is 19.3 Å². The zero-order valence-electron chi connectivity index (χ0n) is 20.0. The average molecular weight is 475 g/mol. The van der Waals surface area contributed by atoms with Crippen LogP contribution in [0.1, 0.15) is 58.8 Å². The molecule has 1 aromatic carbocycles. The Hall–Kier alpha value is -3.18. The first-order chi connectivity index (χ1) is 17.0. The summed E-state index contributed by atoms with van der Waals surface area (Å²) >= 11 is 0. The molecule has 3 N–H and O–H groups in total. The standard InChI is InChI=1S/C27H31FN6O/c1-15-6-16-7-17(12-31-26(16)30-11-15)27(35)33-18-4-5-21-22(8-18)24(28)9-25(23(21)10-29)34-13-19-2-3-20(14-34)32-19/h7,9,12,15,18-20,32H,2-6,8,11,13-14H2,1H3,(H,30,31)(H,33,35)/t15-,18-,19?,20?/m0/s1. The van der Waals surface area contributed by atoms with Gasteiger partial charge in [-0.2, -0.15) is 5.26 Å². The topological polar surface area (TPSA) is 93.1 Å². The Bertz CT molecular complexity index is 1210. The molecule has 6 rings (SSSR count). The van der Waals surface area contributed by atoms with Gasteiger partial charge in [0.15, 0.2) is 0 Å². The van der Waals surface area contributed by atoms with Gasteiger partial charge in [0.2, 0.25) is 0 Å². The number of hydrogen-bond acceptors (Lipinski definition) is 6. The number of carbonyl (C=O) groups excluding carboxylic acids is 1. The number of anilines is 2. The van der Waals surface area contributed by atoms with Gasteiger partial charge in [0, 0.05) is 44.0 Å². The van der Waals surface area contributed by atoms with Crippen LogP contribution in [0.2, 0.25) is 0 Å². The maximum atomic E-state index is 15.4. The lowest BCUT2D eigenvalue weighted by molar-refractivity contribution is 0.0933. The van der Waals surface area contributed by atoms with Gasteiger partial charge in [-0.3, -0.25) is 4.79 Å². The van der Waals surface area contributed by atoms with Gasteiger partial charge >= 0.3 is 0 Å². The van der Waals surface area contributed by atoms with Crippen LogP contribution in [0.3, 0.4) is 0 Å². The average Bonchev–Trinajstić information content (AvgIpc) is 3.20. The van der Waals surface area contributed by atoms with Crippen molar-refractivity contribution in [2.45, 2.75) is 63.6 Å². The fourth-order valence-electron chi connectivity index (χ4n) is 6.32. The number of piperazine rings is 1. The molecular weight excluding hydrogens is 443 g/mol. The van der Waals surface area contributed by atoms with Crippen molar-refractivity contribution in [3.63, 3.8) is 0 Å². The summed E-state index contributed by atoms with van der Waals surface area (Å²) in [5, 5.41) is 20.0. The molecule has 4 heterocycles. The van der Waals surface area contributed by atoms with E-state index < -0.39 is 0 Å². The van der Waals surface area contributed by atoms with Crippen molar-refractivity contribution in [1.29, 1.82) is 5.26 Å². The summed E-state index contributed by atoms with van der Waals surface area (Å²) in [6.07, 6.45) is 6.42. The summed E-state index contributed by atoms with van der Waals surface area (Å²) < 4.78 is 15.4. The number of aromatic nitrogens is 1. The molecule has 2 bridgehead atoms. The fraction of sp³-hybridized carbons (Fsp3) is 0.519. The van der Waals surface area contributed by atoms with Gasteiger partial charge in [-0.05, 0) is 73.3 Å². The highest BCUT2D eigenvalue weighted by Crippen LogP contribution is 2.36. The summed E-state index contributed by atoms with van der Waals surface area (Å²) in [4.78, 5) is 19.6. The van der Waals surface area contributed by atoms with E-state index in [4.69, 9.17) is 0 Å². The molecule has 7 nitrogen and oxygen atoms in total. The van der Waals surface area contributed by atoms with Gasteiger partial charge in [-0.25, -0.2) is 9.37 Å². The second kappa shape index (κ2) is 8.80. The molecule has 8 heteroatoms. The SMILES string of the molecule is C[C@@H]1CNc2ncc(C(=O)N[C@H]3CCc4c(C#N)c(N5CC6CCC(C5)N6)cc(F)c4C3)cc2C1. The summed E-state index contributed by atoms with van der Waals surface area (Å²) in [7, 11) is 0. The molecule has 2 fully saturated rings. The second-order valence-corrected chi connectivity index (χ2v) is 10.7. The first kappa shape index (κ1) is 22.3. The highest BCUT2D eigenvalue weighted by Gasteiger charge is 2.35. The van der Waals surface area contributed by atoms with Crippen molar-refractivity contribution >= 4 is 17.4 Å². The van der Waals surface area contributed by atoms with Gasteiger partial charge in [-0.1, -0.05) is 6.92 Å². The number of fused-ring (bicyclic) bond motifs is 4. The largest absolute Gasteiger partial charge is 0.370 e. The predicted molar refractivity (Wildman–Crippen MR) is 132 cm³/mol. The zero-order valence-corrected chi connectivity index (χ0v) is 20.0. The highest BCUT2D eigenvalue weighted by atomic mass is 19.1. The molecule has 2 aromatic rings. The monoisotopic (exact) mass is 474 g/mol. The normalized spacial score (nSPS) is 26.8. The van der Waals surface area contributed by atoms with Gasteiger partial charge in [0.25, 0.3) is 5.91 Å². The number of rotatable bonds is 3. The van der Waals surface area contributed by atoms with Crippen molar-refractivity contribution in [3.05, 3.63) is 52.0 Å². The number of benzene rings is 1. The maximum Gasteiger partial charge on any atom is 0.253 e. The zero-order chi connectivity index (χ0) is 24.1. The second-order valence-electron chi connectivity index (χ2n) is 10.7. The molecule has 2 saturated heterocycles. The van der Waals surface area contributed by atoms with E-state index >= 15 is 4.39 Å². The lowest BCUT2D eigenvalue weighted by Gasteiger charge is -2.36. The third-order valence-corrected chi connectivity index (χ3v) is 8.09. The number of hydrogen-bond donors (Lipinski definition) is 3. The van der Waals surface area contributed by atoms with E-state index in [0.717, 1.165) is 61.5 Å². The van der Waals surface area contributed by atoms with Crippen LogP contribution in [0, 0.1) is 23.1 Å². The van der Waals surface area contributed by atoms with Crippen molar-refractivity contribution in [3.8, 4) is 6.07 Å². The predicted octanol–water partition coefficient (Wildman–Crippen LogP) is 2.92. The number of nitrogens with zero attached hydrogens (tertiary/aromatic N) is 3. The van der Waals surface area contributed by atoms with E-state index in [1.807, 2.05) is 6.07 Å². The van der Waals surface area contributed by atoms with E-state index in [0.29, 0.717) is 54.0 Å². The minimum atomic E-state index is -0.269. The summed E-state index contributed by atoms with van der Waals surface area (Å²) in [5.74, 6) is 0.900. The van der Waals surface area contributed by atoms with Crippen LogP contribution in [0.15, 0.2) is 18.3 Å². The molecule has 0 saturated carbocycles. The highest BCUT2D eigenvalue weighted by molar-refractivity contribution is 5.94. The number of carbonyl (C=O) groups is 1. The van der Waals surface area contributed by atoms with E-state index in [-0.39, 0.29) is 17.8 Å². The molecule has 2 unspecified atom stereocenters. The molecule has 0 radical (unpaired) electrons. The Morgan fingerprint density at radius 1 is 1.20 bits per heavy atom. The Morgan fingerprint density at radius 2 is 2.00 bits per heavy atom. The number of halogens is 1. The first-order valence-corrected chi connectivity index (χ1v) is 12.8. The molecule has 4 aliphatic rings. The number of pyridine rings is 1. The Balaban J connectivity index is 1.20. The lowest BCUT2D eigenvalue weighted by Crippen LogP contribution is -2.51. The quantitative estimate of drug-likeness (QED) is 0.634. The van der Waals surface area contributed by atoms with Crippen LogP contribution >= 0.6 is 0 Å². The lowest BCUT2D eigenvalue weighted by atomic mass is 9.84. The molecule has 1 aliphatic carbocycles. The summed E-state index contributed by atoms with van der Waals surface area (Å²) in [6, 6.07) is 6.50. The third-order valence-electron chi connectivity index (χ3n) is 8.09.